The molecule has 0 amide bonds. The molecule has 1 aliphatic rings. The molecule has 1 aliphatic heterocycles. The standard InChI is InChI=1S/C15H13N5O3S/c16-9-12(10-17)15(11-18)19-13-1-3-14(4-2-13)24(21,22)20-5-7-23-8-6-20/h1-4,19H,5-8H2. The van der Waals surface area contributed by atoms with Gasteiger partial charge in [0.25, 0.3) is 0 Å². The van der Waals surface area contributed by atoms with Gasteiger partial charge in [0, 0.05) is 18.8 Å². The molecule has 1 aromatic carbocycles. The van der Waals surface area contributed by atoms with Crippen LogP contribution in [-0.4, -0.2) is 39.0 Å². The van der Waals surface area contributed by atoms with Gasteiger partial charge in [0.2, 0.25) is 10.0 Å². The van der Waals surface area contributed by atoms with Gasteiger partial charge in [0.1, 0.15) is 23.9 Å². The molecule has 0 atom stereocenters. The van der Waals surface area contributed by atoms with Gasteiger partial charge < -0.3 is 10.1 Å². The SMILES string of the molecule is N#CC(C#N)=C(C#N)Nc1ccc(S(=O)(=O)N2CCOCC2)cc1. The van der Waals surface area contributed by atoms with Crippen molar-refractivity contribution in [1.82, 2.24) is 4.31 Å². The Morgan fingerprint density at radius 2 is 1.62 bits per heavy atom. The molecule has 1 N–H and O–H groups in total. The number of nitriles is 3. The predicted octanol–water partition coefficient (Wildman–Crippen LogP) is 0.944. The van der Waals surface area contributed by atoms with Gasteiger partial charge in [-0.25, -0.2) is 8.42 Å². The molecule has 1 fully saturated rings. The molecular formula is C15H13N5O3S. The van der Waals surface area contributed by atoms with E-state index in [9.17, 15) is 8.42 Å². The van der Waals surface area contributed by atoms with Crippen LogP contribution in [-0.2, 0) is 14.8 Å². The van der Waals surface area contributed by atoms with E-state index < -0.39 is 10.0 Å². The smallest absolute Gasteiger partial charge is 0.243 e. The minimum atomic E-state index is -3.59. The van der Waals surface area contributed by atoms with Crippen molar-refractivity contribution in [1.29, 1.82) is 15.8 Å². The zero-order valence-electron chi connectivity index (χ0n) is 12.6. The van der Waals surface area contributed by atoms with Gasteiger partial charge in [-0.1, -0.05) is 0 Å². The Bertz CT molecular complexity index is 848. The number of nitrogens with one attached hydrogen (secondary N) is 1. The van der Waals surface area contributed by atoms with Crippen molar-refractivity contribution in [2.24, 2.45) is 0 Å². The number of rotatable bonds is 4. The fourth-order valence-corrected chi connectivity index (χ4v) is 3.48. The molecule has 1 heterocycles. The van der Waals surface area contributed by atoms with Gasteiger partial charge in [-0.15, -0.1) is 0 Å². The van der Waals surface area contributed by atoms with Crippen LogP contribution in [0.2, 0.25) is 0 Å². The first-order valence-electron chi connectivity index (χ1n) is 6.92. The summed E-state index contributed by atoms with van der Waals surface area (Å²) in [5, 5.41) is 29.2. The molecule has 0 aliphatic carbocycles. The normalized spacial score (nSPS) is 14.7. The molecule has 0 spiro atoms. The van der Waals surface area contributed by atoms with Crippen LogP contribution >= 0.6 is 0 Å². The molecule has 2 rings (SSSR count). The van der Waals surface area contributed by atoms with Crippen LogP contribution in [0, 0.1) is 34.0 Å². The van der Waals surface area contributed by atoms with Crippen molar-refractivity contribution in [2.45, 2.75) is 4.90 Å². The first-order chi connectivity index (χ1) is 11.5. The summed E-state index contributed by atoms with van der Waals surface area (Å²) in [7, 11) is -3.59. The number of hydrogen-bond acceptors (Lipinski definition) is 7. The largest absolute Gasteiger partial charge is 0.379 e. The van der Waals surface area contributed by atoms with Crippen molar-refractivity contribution < 1.29 is 13.2 Å². The Morgan fingerprint density at radius 3 is 2.12 bits per heavy atom. The van der Waals surface area contributed by atoms with Crippen molar-refractivity contribution in [2.75, 3.05) is 31.6 Å². The quantitative estimate of drug-likeness (QED) is 0.805. The van der Waals surface area contributed by atoms with Gasteiger partial charge in [-0.3, -0.25) is 0 Å². The van der Waals surface area contributed by atoms with E-state index in [2.05, 4.69) is 5.32 Å². The Kier molecular flexibility index (Phi) is 5.51. The van der Waals surface area contributed by atoms with Gasteiger partial charge in [0.05, 0.1) is 18.1 Å². The lowest BCUT2D eigenvalue weighted by Gasteiger charge is -2.26. The fourth-order valence-electron chi connectivity index (χ4n) is 2.07. The summed E-state index contributed by atoms with van der Waals surface area (Å²) in [6, 6.07) is 10.7. The number of benzene rings is 1. The molecule has 122 valence electrons. The lowest BCUT2D eigenvalue weighted by atomic mass is 10.2. The fraction of sp³-hybridized carbons (Fsp3) is 0.267. The summed E-state index contributed by atoms with van der Waals surface area (Å²) >= 11 is 0. The van der Waals surface area contributed by atoms with E-state index in [0.717, 1.165) is 0 Å². The van der Waals surface area contributed by atoms with Gasteiger partial charge >= 0.3 is 0 Å². The van der Waals surface area contributed by atoms with E-state index in [1.807, 2.05) is 0 Å². The van der Waals surface area contributed by atoms with Crippen LogP contribution in [0.15, 0.2) is 40.4 Å². The van der Waals surface area contributed by atoms with Gasteiger partial charge in [-0.05, 0) is 24.3 Å². The van der Waals surface area contributed by atoms with Crippen molar-refractivity contribution >= 4 is 15.7 Å². The third-order valence-corrected chi connectivity index (χ3v) is 5.23. The summed E-state index contributed by atoms with van der Waals surface area (Å²) in [5.74, 6) is 0. The number of allylic oxidation sites excluding steroid dienone is 2. The summed E-state index contributed by atoms with van der Waals surface area (Å²) in [6.45, 7) is 1.33. The molecule has 1 saturated heterocycles. The van der Waals surface area contributed by atoms with Crippen LogP contribution in [0.5, 0.6) is 0 Å². The Balaban J connectivity index is 2.23. The van der Waals surface area contributed by atoms with Crippen molar-refractivity contribution in [3.63, 3.8) is 0 Å². The highest BCUT2D eigenvalue weighted by Crippen LogP contribution is 2.20. The average molecular weight is 343 g/mol. The molecule has 8 nitrogen and oxygen atoms in total. The molecule has 0 saturated carbocycles. The highest BCUT2D eigenvalue weighted by Gasteiger charge is 2.26. The summed E-state index contributed by atoms with van der Waals surface area (Å²) in [5.41, 5.74) is -0.137. The molecule has 24 heavy (non-hydrogen) atoms. The summed E-state index contributed by atoms with van der Waals surface area (Å²) < 4.78 is 31.5. The zero-order chi connectivity index (χ0) is 17.6. The monoisotopic (exact) mass is 343 g/mol. The maximum Gasteiger partial charge on any atom is 0.243 e. The van der Waals surface area contributed by atoms with E-state index in [0.29, 0.717) is 32.0 Å². The minimum Gasteiger partial charge on any atom is -0.379 e. The predicted molar refractivity (Wildman–Crippen MR) is 83.5 cm³/mol. The van der Waals surface area contributed by atoms with E-state index >= 15 is 0 Å². The molecule has 0 unspecified atom stereocenters. The highest BCUT2D eigenvalue weighted by atomic mass is 32.2. The zero-order valence-corrected chi connectivity index (χ0v) is 13.4. The molecule has 1 aromatic rings. The number of nitrogens with zero attached hydrogens (tertiary/aromatic N) is 4. The van der Waals surface area contributed by atoms with E-state index in [-0.39, 0.29) is 16.2 Å². The van der Waals surface area contributed by atoms with Crippen LogP contribution in [0.25, 0.3) is 0 Å². The topological polar surface area (TPSA) is 130 Å². The van der Waals surface area contributed by atoms with Gasteiger partial charge in [0.15, 0.2) is 5.57 Å². The van der Waals surface area contributed by atoms with E-state index in [4.69, 9.17) is 20.5 Å². The molecule has 0 radical (unpaired) electrons. The average Bonchev–Trinajstić information content (AvgIpc) is 2.63. The number of morpholine rings is 1. The number of ether oxygens (including phenoxy) is 1. The third-order valence-electron chi connectivity index (χ3n) is 3.32. The maximum atomic E-state index is 12.5. The number of anilines is 1. The second-order valence-corrected chi connectivity index (χ2v) is 6.69. The number of sulfonamides is 1. The Morgan fingerprint density at radius 1 is 1.04 bits per heavy atom. The Labute approximate surface area is 139 Å². The maximum absolute atomic E-state index is 12.5. The third kappa shape index (κ3) is 3.70. The van der Waals surface area contributed by atoms with E-state index in [1.165, 1.54) is 28.6 Å². The number of hydrogen-bond donors (Lipinski definition) is 1. The first-order valence-corrected chi connectivity index (χ1v) is 8.36. The minimum absolute atomic E-state index is 0.123. The van der Waals surface area contributed by atoms with Crippen LogP contribution in [0.1, 0.15) is 0 Å². The highest BCUT2D eigenvalue weighted by molar-refractivity contribution is 7.89. The molecule has 0 bridgehead atoms. The van der Waals surface area contributed by atoms with E-state index in [1.54, 1.807) is 18.2 Å². The lowest BCUT2D eigenvalue weighted by Crippen LogP contribution is -2.40. The van der Waals surface area contributed by atoms with Crippen LogP contribution in [0.3, 0.4) is 0 Å². The Hall–Kier alpha value is -2.90. The first kappa shape index (κ1) is 17.5. The van der Waals surface area contributed by atoms with Crippen molar-refractivity contribution in [3.8, 4) is 18.2 Å². The van der Waals surface area contributed by atoms with Crippen LogP contribution in [0.4, 0.5) is 5.69 Å². The molecular weight excluding hydrogens is 330 g/mol. The van der Waals surface area contributed by atoms with Gasteiger partial charge in [-0.2, -0.15) is 20.1 Å². The second kappa shape index (κ2) is 7.58. The van der Waals surface area contributed by atoms with Crippen LogP contribution < -0.4 is 5.32 Å². The van der Waals surface area contributed by atoms with Crippen molar-refractivity contribution in [3.05, 3.63) is 35.5 Å². The second-order valence-electron chi connectivity index (χ2n) is 4.75. The molecule has 9 heteroatoms. The molecule has 0 aromatic heterocycles. The summed E-state index contributed by atoms with van der Waals surface area (Å²) in [6.07, 6.45) is 0. The summed E-state index contributed by atoms with van der Waals surface area (Å²) in [4.78, 5) is 0.123. The lowest BCUT2D eigenvalue weighted by molar-refractivity contribution is 0.0730.